The average molecular weight is 187 g/mol. The molecule has 2 aromatic rings. The highest BCUT2D eigenvalue weighted by atomic mass is 15.1. The van der Waals surface area contributed by atoms with Crippen LogP contribution in [0.25, 0.3) is 11.1 Å². The molecular formula is C11H13N3. The Morgan fingerprint density at radius 2 is 2.14 bits per heavy atom. The number of hydrogen-bond acceptors (Lipinski definition) is 2. The maximum atomic E-state index is 4.10. The summed E-state index contributed by atoms with van der Waals surface area (Å²) in [4.78, 5) is 4.10. The lowest BCUT2D eigenvalue weighted by atomic mass is 10.0. The number of pyridine rings is 1. The molecule has 0 saturated carbocycles. The normalized spacial score (nSPS) is 10.8. The Bertz CT molecular complexity index is 403. The molecular weight excluding hydrogens is 174 g/mol. The predicted octanol–water partition coefficient (Wildman–Crippen LogP) is 2.60. The molecule has 0 unspecified atom stereocenters. The van der Waals surface area contributed by atoms with E-state index >= 15 is 0 Å². The number of hydrogen-bond donors (Lipinski definition) is 1. The maximum Gasteiger partial charge on any atom is 0.0569 e. The molecule has 2 aromatic heterocycles. The molecule has 1 N–H and O–H groups in total. The first-order chi connectivity index (χ1) is 6.79. The van der Waals surface area contributed by atoms with Crippen molar-refractivity contribution in [3.8, 4) is 11.1 Å². The van der Waals surface area contributed by atoms with Crippen LogP contribution in [0.15, 0.2) is 30.7 Å². The molecule has 3 nitrogen and oxygen atoms in total. The van der Waals surface area contributed by atoms with Crippen LogP contribution in [0.5, 0.6) is 0 Å². The van der Waals surface area contributed by atoms with Crippen LogP contribution in [0.2, 0.25) is 0 Å². The maximum absolute atomic E-state index is 4.10. The SMILES string of the molecule is CC(C)c1[nH]ncc1-c1cccnc1. The molecule has 0 saturated heterocycles. The number of nitrogens with one attached hydrogen (secondary N) is 1. The van der Waals surface area contributed by atoms with Gasteiger partial charge in [0.1, 0.15) is 0 Å². The lowest BCUT2D eigenvalue weighted by molar-refractivity contribution is 0.812. The number of aromatic amines is 1. The molecule has 0 aliphatic heterocycles. The molecule has 0 atom stereocenters. The van der Waals surface area contributed by atoms with E-state index in [1.165, 1.54) is 0 Å². The highest BCUT2D eigenvalue weighted by Crippen LogP contribution is 2.25. The Balaban J connectivity index is 2.47. The first-order valence-corrected chi connectivity index (χ1v) is 4.72. The first kappa shape index (κ1) is 8.94. The van der Waals surface area contributed by atoms with Crippen LogP contribution < -0.4 is 0 Å². The summed E-state index contributed by atoms with van der Waals surface area (Å²) in [5.74, 6) is 0.452. The van der Waals surface area contributed by atoms with Gasteiger partial charge in [-0.2, -0.15) is 5.10 Å². The zero-order chi connectivity index (χ0) is 9.97. The van der Waals surface area contributed by atoms with Gasteiger partial charge in [0.15, 0.2) is 0 Å². The van der Waals surface area contributed by atoms with E-state index in [4.69, 9.17) is 0 Å². The molecule has 0 amide bonds. The van der Waals surface area contributed by atoms with Crippen LogP contribution in [0.4, 0.5) is 0 Å². The number of rotatable bonds is 2. The summed E-state index contributed by atoms with van der Waals surface area (Å²) >= 11 is 0. The third kappa shape index (κ3) is 1.53. The van der Waals surface area contributed by atoms with Gasteiger partial charge in [-0.25, -0.2) is 0 Å². The fourth-order valence-electron chi connectivity index (χ4n) is 1.49. The van der Waals surface area contributed by atoms with Crippen LogP contribution in [-0.2, 0) is 0 Å². The summed E-state index contributed by atoms with van der Waals surface area (Å²) in [6.45, 7) is 4.29. The zero-order valence-electron chi connectivity index (χ0n) is 8.36. The summed E-state index contributed by atoms with van der Waals surface area (Å²) < 4.78 is 0. The van der Waals surface area contributed by atoms with Crippen molar-refractivity contribution in [1.29, 1.82) is 0 Å². The molecule has 0 fully saturated rings. The summed E-state index contributed by atoms with van der Waals surface area (Å²) in [7, 11) is 0. The van der Waals surface area contributed by atoms with Crippen molar-refractivity contribution in [3.63, 3.8) is 0 Å². The van der Waals surface area contributed by atoms with Crippen molar-refractivity contribution in [2.75, 3.05) is 0 Å². The molecule has 0 bridgehead atoms. The molecule has 14 heavy (non-hydrogen) atoms. The largest absolute Gasteiger partial charge is 0.282 e. The highest BCUT2D eigenvalue weighted by Gasteiger charge is 2.10. The minimum atomic E-state index is 0.452. The Labute approximate surface area is 83.2 Å². The summed E-state index contributed by atoms with van der Waals surface area (Å²) in [6, 6.07) is 3.98. The fourth-order valence-corrected chi connectivity index (χ4v) is 1.49. The number of H-pyrrole nitrogens is 1. The van der Waals surface area contributed by atoms with Crippen LogP contribution in [0.3, 0.4) is 0 Å². The van der Waals surface area contributed by atoms with E-state index in [1.54, 1.807) is 6.20 Å². The van der Waals surface area contributed by atoms with Gasteiger partial charge in [-0.3, -0.25) is 10.1 Å². The molecule has 2 heterocycles. The van der Waals surface area contributed by atoms with E-state index in [-0.39, 0.29) is 0 Å². The summed E-state index contributed by atoms with van der Waals surface area (Å²) in [5, 5.41) is 7.09. The molecule has 3 heteroatoms. The Morgan fingerprint density at radius 1 is 1.29 bits per heavy atom. The lowest BCUT2D eigenvalue weighted by Crippen LogP contribution is -1.90. The third-order valence-corrected chi connectivity index (χ3v) is 2.22. The van der Waals surface area contributed by atoms with Crippen molar-refractivity contribution >= 4 is 0 Å². The van der Waals surface area contributed by atoms with Gasteiger partial charge in [0.05, 0.1) is 6.20 Å². The van der Waals surface area contributed by atoms with Crippen molar-refractivity contribution in [2.45, 2.75) is 19.8 Å². The van der Waals surface area contributed by atoms with Crippen LogP contribution in [-0.4, -0.2) is 15.2 Å². The van der Waals surface area contributed by atoms with Gasteiger partial charge >= 0.3 is 0 Å². The molecule has 0 spiro atoms. The van der Waals surface area contributed by atoms with E-state index < -0.39 is 0 Å². The monoisotopic (exact) mass is 187 g/mol. The molecule has 2 rings (SSSR count). The second kappa shape index (κ2) is 3.62. The Morgan fingerprint density at radius 3 is 2.79 bits per heavy atom. The van der Waals surface area contributed by atoms with Gasteiger partial charge in [-0.1, -0.05) is 19.9 Å². The Hall–Kier alpha value is -1.64. The topological polar surface area (TPSA) is 41.6 Å². The molecule has 0 radical (unpaired) electrons. The van der Waals surface area contributed by atoms with E-state index in [1.807, 2.05) is 24.5 Å². The summed E-state index contributed by atoms with van der Waals surface area (Å²) in [6.07, 6.45) is 5.49. The van der Waals surface area contributed by atoms with E-state index in [9.17, 15) is 0 Å². The van der Waals surface area contributed by atoms with E-state index in [0.717, 1.165) is 16.8 Å². The first-order valence-electron chi connectivity index (χ1n) is 4.72. The van der Waals surface area contributed by atoms with Crippen LogP contribution in [0, 0.1) is 0 Å². The van der Waals surface area contributed by atoms with Gasteiger partial charge in [0.25, 0.3) is 0 Å². The van der Waals surface area contributed by atoms with E-state index in [0.29, 0.717) is 5.92 Å². The average Bonchev–Trinajstić information content (AvgIpc) is 2.67. The van der Waals surface area contributed by atoms with Gasteiger partial charge < -0.3 is 0 Å². The third-order valence-electron chi connectivity index (χ3n) is 2.22. The smallest absolute Gasteiger partial charge is 0.0569 e. The summed E-state index contributed by atoms with van der Waals surface area (Å²) in [5.41, 5.74) is 3.43. The van der Waals surface area contributed by atoms with Gasteiger partial charge in [0.2, 0.25) is 0 Å². The molecule has 0 aromatic carbocycles. The zero-order valence-corrected chi connectivity index (χ0v) is 8.36. The molecule has 0 aliphatic carbocycles. The number of nitrogens with zero attached hydrogens (tertiary/aromatic N) is 2. The van der Waals surface area contributed by atoms with Gasteiger partial charge in [-0.15, -0.1) is 0 Å². The van der Waals surface area contributed by atoms with Gasteiger partial charge in [-0.05, 0) is 12.0 Å². The predicted molar refractivity (Wildman–Crippen MR) is 55.9 cm³/mol. The quantitative estimate of drug-likeness (QED) is 0.785. The Kier molecular flexibility index (Phi) is 2.31. The second-order valence-corrected chi connectivity index (χ2v) is 3.59. The fraction of sp³-hybridized carbons (Fsp3) is 0.273. The highest BCUT2D eigenvalue weighted by molar-refractivity contribution is 5.64. The van der Waals surface area contributed by atoms with Crippen molar-refractivity contribution in [3.05, 3.63) is 36.4 Å². The van der Waals surface area contributed by atoms with Crippen LogP contribution >= 0.6 is 0 Å². The lowest BCUT2D eigenvalue weighted by Gasteiger charge is -2.05. The van der Waals surface area contributed by atoms with Crippen molar-refractivity contribution in [1.82, 2.24) is 15.2 Å². The van der Waals surface area contributed by atoms with Crippen molar-refractivity contribution in [2.24, 2.45) is 0 Å². The standard InChI is InChI=1S/C11H13N3/c1-8(2)11-10(7-13-14-11)9-4-3-5-12-6-9/h3-8H,1-2H3,(H,13,14). The molecule has 72 valence electrons. The minimum Gasteiger partial charge on any atom is -0.282 e. The molecule has 0 aliphatic rings. The number of aromatic nitrogens is 3. The van der Waals surface area contributed by atoms with Gasteiger partial charge in [0, 0.05) is 29.2 Å². The van der Waals surface area contributed by atoms with E-state index in [2.05, 4.69) is 29.0 Å². The second-order valence-electron chi connectivity index (χ2n) is 3.59. The van der Waals surface area contributed by atoms with Crippen molar-refractivity contribution < 1.29 is 0 Å². The van der Waals surface area contributed by atoms with Crippen LogP contribution in [0.1, 0.15) is 25.5 Å². The minimum absolute atomic E-state index is 0.452.